The number of hydrogen-bond acceptors (Lipinski definition) is 5. The average Bonchev–Trinajstić information content (AvgIpc) is 2.93. The minimum absolute atomic E-state index is 0.0246. The van der Waals surface area contributed by atoms with Crippen molar-refractivity contribution in [3.8, 4) is 0 Å². The molecule has 39 heavy (non-hydrogen) atoms. The third kappa shape index (κ3) is 8.77. The van der Waals surface area contributed by atoms with Crippen LogP contribution in [0.25, 0.3) is 6.08 Å². The standard InChI is InChI=1S/C29H38Cl2N4O3S/c1-39(37,38)34-17-12-25(13-18-34)29(36)35(26-10-11-27(30)28(31)23-26)16-6-15-33-21-19-32(20-22-33)14-5-9-24-7-3-2-4-8-24/h2-5,7-11,23,25H,6,12-22H2,1H3. The molecule has 2 aromatic rings. The first-order valence-corrected chi connectivity index (χ1v) is 16.2. The zero-order chi connectivity index (χ0) is 27.8. The van der Waals surface area contributed by atoms with Gasteiger partial charge in [0.15, 0.2) is 0 Å². The second kappa shape index (κ2) is 14.1. The fourth-order valence-electron chi connectivity index (χ4n) is 5.22. The van der Waals surface area contributed by atoms with Crippen LogP contribution in [0.15, 0.2) is 54.6 Å². The quantitative estimate of drug-likeness (QED) is 0.399. The molecule has 2 saturated heterocycles. The molecule has 0 atom stereocenters. The van der Waals surface area contributed by atoms with Crippen molar-refractivity contribution in [1.82, 2.24) is 14.1 Å². The number of nitrogens with zero attached hydrogens (tertiary/aromatic N) is 4. The van der Waals surface area contributed by atoms with Crippen molar-refractivity contribution in [2.24, 2.45) is 5.92 Å². The van der Waals surface area contributed by atoms with Gasteiger partial charge in [0, 0.05) is 64.0 Å². The maximum absolute atomic E-state index is 13.6. The number of sulfonamides is 1. The number of piperidine rings is 1. The van der Waals surface area contributed by atoms with Gasteiger partial charge in [-0.05, 0) is 49.6 Å². The van der Waals surface area contributed by atoms with E-state index in [4.69, 9.17) is 23.2 Å². The Kier molecular flexibility index (Phi) is 10.9. The van der Waals surface area contributed by atoms with E-state index in [9.17, 15) is 13.2 Å². The molecule has 0 bridgehead atoms. The molecule has 0 aliphatic carbocycles. The van der Waals surface area contributed by atoms with Gasteiger partial charge in [-0.1, -0.05) is 65.7 Å². The molecule has 0 saturated carbocycles. The van der Waals surface area contributed by atoms with Gasteiger partial charge in [0.25, 0.3) is 0 Å². The Balaban J connectivity index is 1.29. The Morgan fingerprint density at radius 1 is 0.949 bits per heavy atom. The van der Waals surface area contributed by atoms with Crippen molar-refractivity contribution in [3.63, 3.8) is 0 Å². The Hall–Kier alpha value is -1.94. The van der Waals surface area contributed by atoms with E-state index in [1.807, 2.05) is 17.0 Å². The monoisotopic (exact) mass is 592 g/mol. The zero-order valence-corrected chi connectivity index (χ0v) is 24.8. The highest BCUT2D eigenvalue weighted by atomic mass is 35.5. The second-order valence-corrected chi connectivity index (χ2v) is 13.1. The second-order valence-electron chi connectivity index (χ2n) is 10.3. The smallest absolute Gasteiger partial charge is 0.230 e. The predicted octanol–water partition coefficient (Wildman–Crippen LogP) is 4.72. The number of anilines is 1. The highest BCUT2D eigenvalue weighted by molar-refractivity contribution is 7.88. The molecule has 0 aromatic heterocycles. The van der Waals surface area contributed by atoms with Gasteiger partial charge < -0.3 is 9.80 Å². The minimum atomic E-state index is -3.24. The van der Waals surface area contributed by atoms with E-state index in [0.29, 0.717) is 42.5 Å². The average molecular weight is 594 g/mol. The summed E-state index contributed by atoms with van der Waals surface area (Å²) >= 11 is 12.4. The lowest BCUT2D eigenvalue weighted by Crippen LogP contribution is -2.47. The highest BCUT2D eigenvalue weighted by Crippen LogP contribution is 2.30. The number of piperazine rings is 1. The maximum atomic E-state index is 13.6. The van der Waals surface area contributed by atoms with Gasteiger partial charge in [-0.25, -0.2) is 12.7 Å². The predicted molar refractivity (Wildman–Crippen MR) is 161 cm³/mol. The summed E-state index contributed by atoms with van der Waals surface area (Å²) in [5.41, 5.74) is 1.95. The fourth-order valence-corrected chi connectivity index (χ4v) is 6.39. The van der Waals surface area contributed by atoms with Gasteiger partial charge in [0.2, 0.25) is 15.9 Å². The number of hydrogen-bond donors (Lipinski definition) is 0. The van der Waals surface area contributed by atoms with E-state index in [0.717, 1.165) is 51.4 Å². The lowest BCUT2D eigenvalue weighted by molar-refractivity contribution is -0.123. The largest absolute Gasteiger partial charge is 0.312 e. The molecule has 0 radical (unpaired) electrons. The summed E-state index contributed by atoms with van der Waals surface area (Å²) in [6, 6.07) is 15.6. The van der Waals surface area contributed by atoms with Crippen LogP contribution in [0.3, 0.4) is 0 Å². The van der Waals surface area contributed by atoms with E-state index < -0.39 is 10.0 Å². The molecule has 2 heterocycles. The van der Waals surface area contributed by atoms with Crippen molar-refractivity contribution in [2.75, 3.05) is 70.1 Å². The van der Waals surface area contributed by atoms with Crippen molar-refractivity contribution >= 4 is 50.9 Å². The Labute approximate surface area is 243 Å². The van der Waals surface area contributed by atoms with Gasteiger partial charge in [-0.15, -0.1) is 0 Å². The van der Waals surface area contributed by atoms with Crippen molar-refractivity contribution in [1.29, 1.82) is 0 Å². The molecule has 2 aliphatic heterocycles. The highest BCUT2D eigenvalue weighted by Gasteiger charge is 2.32. The van der Waals surface area contributed by atoms with Gasteiger partial charge in [-0.3, -0.25) is 9.69 Å². The van der Waals surface area contributed by atoms with Crippen LogP contribution in [0.2, 0.25) is 10.0 Å². The van der Waals surface area contributed by atoms with Crippen LogP contribution in [0.4, 0.5) is 5.69 Å². The molecule has 0 N–H and O–H groups in total. The summed E-state index contributed by atoms with van der Waals surface area (Å²) in [6.07, 6.45) is 7.49. The molecule has 10 heteroatoms. The zero-order valence-electron chi connectivity index (χ0n) is 22.5. The van der Waals surface area contributed by atoms with Crippen molar-refractivity contribution < 1.29 is 13.2 Å². The topological polar surface area (TPSA) is 64.2 Å². The van der Waals surface area contributed by atoms with Crippen LogP contribution in [0.1, 0.15) is 24.8 Å². The Bertz CT molecular complexity index is 1230. The number of amides is 1. The molecule has 212 valence electrons. The van der Waals surface area contributed by atoms with Crippen LogP contribution in [0, 0.1) is 5.92 Å². The van der Waals surface area contributed by atoms with Crippen molar-refractivity contribution in [3.05, 3.63) is 70.2 Å². The number of rotatable bonds is 10. The van der Waals surface area contributed by atoms with Gasteiger partial charge in [0.1, 0.15) is 0 Å². The molecule has 0 unspecified atom stereocenters. The van der Waals surface area contributed by atoms with Gasteiger partial charge in [-0.2, -0.15) is 0 Å². The number of halogens is 2. The van der Waals surface area contributed by atoms with Crippen molar-refractivity contribution in [2.45, 2.75) is 19.3 Å². The molecule has 2 aliphatic rings. The van der Waals surface area contributed by atoms with Crippen LogP contribution < -0.4 is 4.90 Å². The lowest BCUT2D eigenvalue weighted by atomic mass is 9.96. The van der Waals surface area contributed by atoms with E-state index in [-0.39, 0.29) is 11.8 Å². The molecule has 1 amide bonds. The summed E-state index contributed by atoms with van der Waals surface area (Å²) in [5.74, 6) is -0.193. The normalized spacial score (nSPS) is 18.5. The van der Waals surface area contributed by atoms with Gasteiger partial charge in [0.05, 0.1) is 16.3 Å². The third-order valence-corrected chi connectivity index (χ3v) is 9.59. The summed E-state index contributed by atoms with van der Waals surface area (Å²) in [7, 11) is -3.24. The maximum Gasteiger partial charge on any atom is 0.230 e. The minimum Gasteiger partial charge on any atom is -0.312 e. The van der Waals surface area contributed by atoms with Crippen LogP contribution in [-0.4, -0.2) is 93.6 Å². The molecule has 2 aromatic carbocycles. The number of carbonyl (C=O) groups excluding carboxylic acids is 1. The summed E-state index contributed by atoms with van der Waals surface area (Å²) in [5, 5.41) is 0.863. The summed E-state index contributed by atoms with van der Waals surface area (Å²) < 4.78 is 25.3. The van der Waals surface area contributed by atoms with Crippen LogP contribution in [-0.2, 0) is 14.8 Å². The first-order chi connectivity index (χ1) is 18.7. The van der Waals surface area contributed by atoms with E-state index in [1.165, 1.54) is 16.1 Å². The fraction of sp³-hybridized carbons (Fsp3) is 0.483. The van der Waals surface area contributed by atoms with E-state index in [1.54, 1.807) is 12.1 Å². The summed E-state index contributed by atoms with van der Waals surface area (Å²) in [4.78, 5) is 20.4. The van der Waals surface area contributed by atoms with E-state index >= 15 is 0 Å². The van der Waals surface area contributed by atoms with E-state index in [2.05, 4.69) is 46.2 Å². The summed E-state index contributed by atoms with van der Waals surface area (Å²) in [6.45, 7) is 7.22. The molecule has 0 spiro atoms. The number of benzene rings is 2. The van der Waals surface area contributed by atoms with Gasteiger partial charge >= 0.3 is 0 Å². The molecular formula is C29H38Cl2N4O3S. The Morgan fingerprint density at radius 3 is 2.26 bits per heavy atom. The number of carbonyl (C=O) groups is 1. The molecular weight excluding hydrogens is 555 g/mol. The SMILES string of the molecule is CS(=O)(=O)N1CCC(C(=O)N(CCCN2CCN(CC=Cc3ccccc3)CC2)c2ccc(Cl)c(Cl)c2)CC1. The first kappa shape index (κ1) is 30.0. The molecule has 4 rings (SSSR count). The first-order valence-electron chi connectivity index (χ1n) is 13.6. The Morgan fingerprint density at radius 2 is 1.62 bits per heavy atom. The molecule has 2 fully saturated rings. The lowest BCUT2D eigenvalue weighted by Gasteiger charge is -2.35. The third-order valence-electron chi connectivity index (χ3n) is 7.55. The van der Waals surface area contributed by atoms with Crippen LogP contribution in [0.5, 0.6) is 0 Å². The van der Waals surface area contributed by atoms with Crippen LogP contribution >= 0.6 is 23.2 Å². The molecule has 7 nitrogen and oxygen atoms in total.